The third-order valence-corrected chi connectivity index (χ3v) is 5.10. The Morgan fingerprint density at radius 2 is 1.77 bits per heavy atom. The number of nitrogens with two attached hydrogens (primary N) is 1. The fraction of sp³-hybridized carbons (Fsp3) is 0.588. The van der Waals surface area contributed by atoms with Gasteiger partial charge in [0.1, 0.15) is 11.6 Å². The summed E-state index contributed by atoms with van der Waals surface area (Å²) >= 11 is 0. The Morgan fingerprint density at radius 1 is 1.18 bits per heavy atom. The zero-order valence-electron chi connectivity index (χ0n) is 12.5. The zero-order valence-corrected chi connectivity index (χ0v) is 12.5. The average molecular weight is 308 g/mol. The summed E-state index contributed by atoms with van der Waals surface area (Å²) in [5, 5.41) is 3.02. The summed E-state index contributed by atoms with van der Waals surface area (Å²) in [6.45, 7) is 0. The molecular weight excluding hydrogens is 286 g/mol. The second kappa shape index (κ2) is 6.32. The number of fused-ring (bicyclic) bond motifs is 2. The molecule has 2 saturated carbocycles. The van der Waals surface area contributed by atoms with Gasteiger partial charge < -0.3 is 11.1 Å². The molecule has 120 valence electrons. The van der Waals surface area contributed by atoms with E-state index in [2.05, 4.69) is 5.32 Å². The number of amides is 1. The van der Waals surface area contributed by atoms with Gasteiger partial charge in [-0.3, -0.25) is 4.79 Å². The Bertz CT molecular complexity index is 529. The zero-order chi connectivity index (χ0) is 15.7. The van der Waals surface area contributed by atoms with Gasteiger partial charge in [0.05, 0.1) is 6.42 Å². The number of nitrogens with one attached hydrogen (secondary N) is 1. The van der Waals surface area contributed by atoms with E-state index < -0.39 is 11.6 Å². The maximum Gasteiger partial charge on any atom is 0.224 e. The molecule has 2 atom stereocenters. The van der Waals surface area contributed by atoms with Crippen molar-refractivity contribution < 1.29 is 13.6 Å². The number of carbonyl (C=O) groups excluding carboxylic acids is 1. The molecule has 1 aromatic rings. The van der Waals surface area contributed by atoms with Gasteiger partial charge in [-0.1, -0.05) is 12.5 Å². The molecule has 0 aliphatic heterocycles. The predicted octanol–water partition coefficient (Wildman–Crippen LogP) is 2.53. The van der Waals surface area contributed by atoms with Gasteiger partial charge in [0.15, 0.2) is 0 Å². The standard InChI is InChI=1S/C17H22F2N2O/c18-14-5-2-6-15(19)13(14)9-16(22)21-17-10-3-1-4-11(17)8-12(20)7-10/h2,5-6,10-12,17H,1,3-4,7-9,20H2,(H,21,22). The van der Waals surface area contributed by atoms with E-state index in [1.165, 1.54) is 24.6 Å². The Hall–Kier alpha value is -1.49. The number of halogens is 2. The second-order valence-electron chi connectivity index (χ2n) is 6.65. The van der Waals surface area contributed by atoms with Crippen molar-refractivity contribution in [1.82, 2.24) is 5.32 Å². The molecule has 1 amide bonds. The van der Waals surface area contributed by atoms with Crippen molar-refractivity contribution in [3.63, 3.8) is 0 Å². The van der Waals surface area contributed by atoms with E-state index in [1.807, 2.05) is 0 Å². The van der Waals surface area contributed by atoms with Gasteiger partial charge in [-0.15, -0.1) is 0 Å². The van der Waals surface area contributed by atoms with Crippen LogP contribution in [-0.2, 0) is 11.2 Å². The number of benzene rings is 1. The van der Waals surface area contributed by atoms with Gasteiger partial charge in [-0.05, 0) is 49.7 Å². The summed E-state index contributed by atoms with van der Waals surface area (Å²) in [6, 6.07) is 3.99. The quantitative estimate of drug-likeness (QED) is 0.901. The summed E-state index contributed by atoms with van der Waals surface area (Å²) in [4.78, 5) is 12.2. The Morgan fingerprint density at radius 3 is 2.36 bits per heavy atom. The van der Waals surface area contributed by atoms with Gasteiger partial charge in [0.25, 0.3) is 0 Å². The Labute approximate surface area is 129 Å². The van der Waals surface area contributed by atoms with Gasteiger partial charge >= 0.3 is 0 Å². The van der Waals surface area contributed by atoms with Crippen LogP contribution in [0, 0.1) is 23.5 Å². The van der Waals surface area contributed by atoms with Crippen LogP contribution < -0.4 is 11.1 Å². The highest BCUT2D eigenvalue weighted by atomic mass is 19.1. The normalized spacial score (nSPS) is 30.9. The van der Waals surface area contributed by atoms with Gasteiger partial charge in [0, 0.05) is 17.6 Å². The molecule has 2 aliphatic carbocycles. The molecule has 3 N–H and O–H groups in total. The van der Waals surface area contributed by atoms with E-state index in [4.69, 9.17) is 5.73 Å². The van der Waals surface area contributed by atoms with Crippen LogP contribution in [0.15, 0.2) is 18.2 Å². The predicted molar refractivity (Wildman–Crippen MR) is 80.0 cm³/mol. The van der Waals surface area contributed by atoms with Crippen LogP contribution in [0.2, 0.25) is 0 Å². The lowest BCUT2D eigenvalue weighted by molar-refractivity contribution is -0.122. The molecule has 22 heavy (non-hydrogen) atoms. The highest BCUT2D eigenvalue weighted by Gasteiger charge is 2.39. The molecule has 0 heterocycles. The topological polar surface area (TPSA) is 55.1 Å². The fourth-order valence-electron chi connectivity index (χ4n) is 4.12. The van der Waals surface area contributed by atoms with Crippen LogP contribution in [0.1, 0.15) is 37.7 Å². The van der Waals surface area contributed by atoms with E-state index in [1.54, 1.807) is 0 Å². The minimum absolute atomic E-state index is 0.107. The minimum Gasteiger partial charge on any atom is -0.353 e. The van der Waals surface area contributed by atoms with E-state index in [9.17, 15) is 13.6 Å². The summed E-state index contributed by atoms with van der Waals surface area (Å²) in [6.07, 6.45) is 4.92. The summed E-state index contributed by atoms with van der Waals surface area (Å²) in [5.41, 5.74) is 5.91. The third-order valence-electron chi connectivity index (χ3n) is 5.10. The first kappa shape index (κ1) is 15.4. The van der Waals surface area contributed by atoms with Crippen molar-refractivity contribution in [3.05, 3.63) is 35.4 Å². The number of carbonyl (C=O) groups is 1. The molecule has 2 bridgehead atoms. The monoisotopic (exact) mass is 308 g/mol. The molecule has 2 aliphatic rings. The molecular formula is C17H22F2N2O. The molecule has 2 unspecified atom stereocenters. The van der Waals surface area contributed by atoms with Gasteiger partial charge in [-0.25, -0.2) is 8.78 Å². The number of hydrogen-bond donors (Lipinski definition) is 2. The number of rotatable bonds is 3. The lowest BCUT2D eigenvalue weighted by Gasteiger charge is -2.45. The van der Waals surface area contributed by atoms with Crippen LogP contribution in [0.4, 0.5) is 8.78 Å². The molecule has 3 nitrogen and oxygen atoms in total. The van der Waals surface area contributed by atoms with E-state index in [0.29, 0.717) is 11.8 Å². The summed E-state index contributed by atoms with van der Waals surface area (Å²) < 4.78 is 27.3. The third kappa shape index (κ3) is 3.14. The van der Waals surface area contributed by atoms with Crippen molar-refractivity contribution in [2.24, 2.45) is 17.6 Å². The number of hydrogen-bond acceptors (Lipinski definition) is 2. The van der Waals surface area contributed by atoms with Crippen molar-refractivity contribution >= 4 is 5.91 Å². The maximum atomic E-state index is 13.6. The van der Waals surface area contributed by atoms with Crippen molar-refractivity contribution in [2.75, 3.05) is 0 Å². The highest BCUT2D eigenvalue weighted by Crippen LogP contribution is 2.39. The summed E-state index contributed by atoms with van der Waals surface area (Å²) in [5.74, 6) is -0.836. The second-order valence-corrected chi connectivity index (χ2v) is 6.65. The minimum atomic E-state index is -0.666. The molecule has 0 radical (unpaired) electrons. The van der Waals surface area contributed by atoms with Crippen LogP contribution in [0.5, 0.6) is 0 Å². The first-order valence-electron chi connectivity index (χ1n) is 8.02. The fourth-order valence-corrected chi connectivity index (χ4v) is 4.12. The van der Waals surface area contributed by atoms with Gasteiger partial charge in [0.2, 0.25) is 5.91 Å². The van der Waals surface area contributed by atoms with Crippen LogP contribution in [-0.4, -0.2) is 18.0 Å². The first-order valence-corrected chi connectivity index (χ1v) is 8.02. The average Bonchev–Trinajstić information content (AvgIpc) is 2.44. The molecule has 1 aromatic carbocycles. The summed E-state index contributed by atoms with van der Waals surface area (Å²) in [7, 11) is 0. The Kier molecular flexibility index (Phi) is 4.43. The van der Waals surface area contributed by atoms with E-state index in [0.717, 1.165) is 25.7 Å². The van der Waals surface area contributed by atoms with Crippen molar-refractivity contribution in [2.45, 2.75) is 50.6 Å². The lowest BCUT2D eigenvalue weighted by Crippen LogP contribution is -2.54. The van der Waals surface area contributed by atoms with Crippen LogP contribution >= 0.6 is 0 Å². The lowest BCUT2D eigenvalue weighted by atomic mass is 9.67. The molecule has 0 aromatic heterocycles. The Balaban J connectivity index is 1.67. The van der Waals surface area contributed by atoms with Crippen LogP contribution in [0.25, 0.3) is 0 Å². The molecule has 0 spiro atoms. The van der Waals surface area contributed by atoms with Gasteiger partial charge in [-0.2, -0.15) is 0 Å². The molecule has 3 rings (SSSR count). The maximum absolute atomic E-state index is 13.6. The largest absolute Gasteiger partial charge is 0.353 e. The molecule has 2 fully saturated rings. The highest BCUT2D eigenvalue weighted by molar-refractivity contribution is 5.79. The van der Waals surface area contributed by atoms with E-state index in [-0.39, 0.29) is 30.0 Å². The smallest absolute Gasteiger partial charge is 0.224 e. The van der Waals surface area contributed by atoms with E-state index >= 15 is 0 Å². The molecule has 5 heteroatoms. The SMILES string of the molecule is NC1CC2CCCC(C1)C2NC(=O)Cc1c(F)cccc1F. The van der Waals surface area contributed by atoms with Crippen molar-refractivity contribution in [3.8, 4) is 0 Å². The van der Waals surface area contributed by atoms with Crippen molar-refractivity contribution in [1.29, 1.82) is 0 Å². The van der Waals surface area contributed by atoms with Crippen LogP contribution in [0.3, 0.4) is 0 Å². The first-order chi connectivity index (χ1) is 10.5. The molecule has 0 saturated heterocycles.